The average molecular weight is 313 g/mol. The normalized spacial score (nSPS) is 16.6. The third-order valence-electron chi connectivity index (χ3n) is 3.60. The van der Waals surface area contributed by atoms with Crippen molar-refractivity contribution in [3.8, 4) is 0 Å². The highest BCUT2D eigenvalue weighted by Crippen LogP contribution is 2.25. The lowest BCUT2D eigenvalue weighted by Gasteiger charge is -2.30. The molecular weight excluding hydrogens is 295 g/mol. The van der Waals surface area contributed by atoms with Gasteiger partial charge in [0.05, 0.1) is 0 Å². The van der Waals surface area contributed by atoms with Gasteiger partial charge in [-0.25, -0.2) is 0 Å². The van der Waals surface area contributed by atoms with Gasteiger partial charge in [-0.05, 0) is 44.1 Å². The molecule has 0 aromatic heterocycles. The Labute approximate surface area is 129 Å². The molecule has 20 heavy (non-hydrogen) atoms. The summed E-state index contributed by atoms with van der Waals surface area (Å²) in [6.45, 7) is 1.92. The topological polar surface area (TPSA) is 32.3 Å². The summed E-state index contributed by atoms with van der Waals surface area (Å²) in [7, 11) is 1.84. The van der Waals surface area contributed by atoms with Gasteiger partial charge in [-0.2, -0.15) is 0 Å². The highest BCUT2D eigenvalue weighted by molar-refractivity contribution is 6.37. The second-order valence-electron chi connectivity index (χ2n) is 4.90. The van der Waals surface area contributed by atoms with Gasteiger partial charge in [0, 0.05) is 34.8 Å². The Bertz CT molecular complexity index is 490. The predicted molar refractivity (Wildman–Crippen MR) is 84.2 cm³/mol. The van der Waals surface area contributed by atoms with Crippen LogP contribution >= 0.6 is 23.2 Å². The maximum absolute atomic E-state index is 12.2. The standard InChI is InChI=1S/C15H18Cl2N2O/c1-19(11-7-9-18-10-8-11)15(20)6-5-12-13(16)3-2-4-14(12)17/h2-6,11,18H,7-10H2,1H3/b6-5+. The Hall–Kier alpha value is -1.03. The van der Waals surface area contributed by atoms with Crippen LogP contribution in [0.15, 0.2) is 24.3 Å². The van der Waals surface area contributed by atoms with Crippen molar-refractivity contribution in [2.45, 2.75) is 18.9 Å². The Morgan fingerprint density at radius 1 is 1.30 bits per heavy atom. The van der Waals surface area contributed by atoms with Crippen LogP contribution in [0.4, 0.5) is 0 Å². The molecule has 0 aliphatic carbocycles. The van der Waals surface area contributed by atoms with Crippen molar-refractivity contribution in [2.75, 3.05) is 20.1 Å². The zero-order chi connectivity index (χ0) is 14.5. The highest BCUT2D eigenvalue weighted by Gasteiger charge is 2.20. The lowest BCUT2D eigenvalue weighted by molar-refractivity contribution is -0.127. The number of likely N-dealkylation sites (N-methyl/N-ethyl adjacent to an activating group) is 1. The number of nitrogens with one attached hydrogen (secondary N) is 1. The molecular formula is C15H18Cl2N2O. The molecule has 1 fully saturated rings. The predicted octanol–water partition coefficient (Wildman–Crippen LogP) is 3.22. The van der Waals surface area contributed by atoms with Crippen molar-refractivity contribution in [1.29, 1.82) is 0 Å². The van der Waals surface area contributed by atoms with Crippen LogP contribution in [0.5, 0.6) is 0 Å². The SMILES string of the molecule is CN(C(=O)/C=C/c1c(Cl)cccc1Cl)C1CCNCC1. The van der Waals surface area contributed by atoms with E-state index in [1.165, 1.54) is 6.08 Å². The van der Waals surface area contributed by atoms with Crippen LogP contribution in [0.3, 0.4) is 0 Å². The summed E-state index contributed by atoms with van der Waals surface area (Å²) in [4.78, 5) is 14.0. The van der Waals surface area contributed by atoms with Gasteiger partial charge in [0.1, 0.15) is 0 Å². The third kappa shape index (κ3) is 3.75. The summed E-state index contributed by atoms with van der Waals surface area (Å²) in [5.41, 5.74) is 0.683. The van der Waals surface area contributed by atoms with E-state index < -0.39 is 0 Å². The molecule has 0 radical (unpaired) electrons. The van der Waals surface area contributed by atoms with E-state index in [2.05, 4.69) is 5.32 Å². The van der Waals surface area contributed by atoms with Crippen molar-refractivity contribution >= 4 is 35.2 Å². The van der Waals surface area contributed by atoms with Crippen molar-refractivity contribution in [3.05, 3.63) is 39.9 Å². The van der Waals surface area contributed by atoms with E-state index in [-0.39, 0.29) is 5.91 Å². The molecule has 0 unspecified atom stereocenters. The van der Waals surface area contributed by atoms with E-state index in [1.54, 1.807) is 29.2 Å². The number of amides is 1. The third-order valence-corrected chi connectivity index (χ3v) is 4.26. The van der Waals surface area contributed by atoms with Gasteiger partial charge in [0.25, 0.3) is 0 Å². The summed E-state index contributed by atoms with van der Waals surface area (Å²) < 4.78 is 0. The smallest absolute Gasteiger partial charge is 0.246 e. The van der Waals surface area contributed by atoms with Crippen LogP contribution in [0.2, 0.25) is 10.0 Å². The number of nitrogens with zero attached hydrogens (tertiary/aromatic N) is 1. The molecule has 0 spiro atoms. The van der Waals surface area contributed by atoms with E-state index in [0.29, 0.717) is 21.7 Å². The van der Waals surface area contributed by atoms with Crippen molar-refractivity contribution in [3.63, 3.8) is 0 Å². The molecule has 1 amide bonds. The van der Waals surface area contributed by atoms with Gasteiger partial charge in [-0.1, -0.05) is 29.3 Å². The number of halogens is 2. The Morgan fingerprint density at radius 2 is 1.90 bits per heavy atom. The first-order valence-corrected chi connectivity index (χ1v) is 7.45. The van der Waals surface area contributed by atoms with E-state index in [1.807, 2.05) is 7.05 Å². The number of hydrogen-bond acceptors (Lipinski definition) is 2. The molecule has 3 nitrogen and oxygen atoms in total. The highest BCUT2D eigenvalue weighted by atomic mass is 35.5. The summed E-state index contributed by atoms with van der Waals surface area (Å²) in [5, 5.41) is 4.38. The lowest BCUT2D eigenvalue weighted by atomic mass is 10.1. The van der Waals surface area contributed by atoms with E-state index in [0.717, 1.165) is 25.9 Å². The molecule has 0 atom stereocenters. The van der Waals surface area contributed by atoms with E-state index in [4.69, 9.17) is 23.2 Å². The van der Waals surface area contributed by atoms with Gasteiger partial charge < -0.3 is 10.2 Å². The van der Waals surface area contributed by atoms with Gasteiger partial charge in [-0.15, -0.1) is 0 Å². The minimum atomic E-state index is -0.0205. The number of carbonyl (C=O) groups is 1. The molecule has 0 saturated carbocycles. The summed E-state index contributed by atoms with van der Waals surface area (Å²) in [6.07, 6.45) is 5.20. The van der Waals surface area contributed by atoms with Crippen LogP contribution in [-0.4, -0.2) is 37.0 Å². The minimum absolute atomic E-state index is 0.0205. The summed E-state index contributed by atoms with van der Waals surface area (Å²) in [6, 6.07) is 5.60. The molecule has 1 aromatic carbocycles. The maximum Gasteiger partial charge on any atom is 0.246 e. The Kier molecular flexibility index (Phi) is 5.46. The van der Waals surface area contributed by atoms with E-state index in [9.17, 15) is 4.79 Å². The number of hydrogen-bond donors (Lipinski definition) is 1. The molecule has 1 aromatic rings. The fraction of sp³-hybridized carbons (Fsp3) is 0.400. The van der Waals surface area contributed by atoms with Crippen molar-refractivity contribution in [1.82, 2.24) is 10.2 Å². The first-order valence-electron chi connectivity index (χ1n) is 6.69. The van der Waals surface area contributed by atoms with Crippen molar-refractivity contribution < 1.29 is 4.79 Å². The monoisotopic (exact) mass is 312 g/mol. The first-order chi connectivity index (χ1) is 9.59. The van der Waals surface area contributed by atoms with Crippen LogP contribution in [0, 0.1) is 0 Å². The Morgan fingerprint density at radius 3 is 2.50 bits per heavy atom. The van der Waals surface area contributed by atoms with E-state index >= 15 is 0 Å². The molecule has 5 heteroatoms. The summed E-state index contributed by atoms with van der Waals surface area (Å²) >= 11 is 12.1. The molecule has 1 N–H and O–H groups in total. The number of piperidine rings is 1. The zero-order valence-corrected chi connectivity index (χ0v) is 12.9. The molecule has 1 aliphatic rings. The molecule has 1 heterocycles. The number of rotatable bonds is 3. The Balaban J connectivity index is 2.05. The average Bonchev–Trinajstić information content (AvgIpc) is 2.46. The maximum atomic E-state index is 12.2. The summed E-state index contributed by atoms with van der Waals surface area (Å²) in [5.74, 6) is -0.0205. The van der Waals surface area contributed by atoms with Crippen LogP contribution in [-0.2, 0) is 4.79 Å². The van der Waals surface area contributed by atoms with Crippen LogP contribution < -0.4 is 5.32 Å². The minimum Gasteiger partial charge on any atom is -0.339 e. The number of benzene rings is 1. The second kappa shape index (κ2) is 7.11. The van der Waals surface area contributed by atoms with Gasteiger partial charge in [-0.3, -0.25) is 4.79 Å². The number of carbonyl (C=O) groups excluding carboxylic acids is 1. The quantitative estimate of drug-likeness (QED) is 0.869. The van der Waals surface area contributed by atoms with Crippen molar-refractivity contribution in [2.24, 2.45) is 0 Å². The van der Waals surface area contributed by atoms with Gasteiger partial charge >= 0.3 is 0 Å². The fourth-order valence-corrected chi connectivity index (χ4v) is 2.84. The molecule has 1 aliphatic heterocycles. The second-order valence-corrected chi connectivity index (χ2v) is 5.71. The first kappa shape index (κ1) is 15.4. The largest absolute Gasteiger partial charge is 0.339 e. The molecule has 2 rings (SSSR count). The zero-order valence-electron chi connectivity index (χ0n) is 11.4. The fourth-order valence-electron chi connectivity index (χ4n) is 2.32. The molecule has 108 valence electrons. The van der Waals surface area contributed by atoms with Crippen LogP contribution in [0.1, 0.15) is 18.4 Å². The van der Waals surface area contributed by atoms with Gasteiger partial charge in [0.2, 0.25) is 5.91 Å². The van der Waals surface area contributed by atoms with Gasteiger partial charge in [0.15, 0.2) is 0 Å². The molecule has 1 saturated heterocycles. The molecule has 0 bridgehead atoms. The van der Waals surface area contributed by atoms with Crippen LogP contribution in [0.25, 0.3) is 6.08 Å². The lowest BCUT2D eigenvalue weighted by Crippen LogP contribution is -2.43.